The van der Waals surface area contributed by atoms with E-state index in [0.29, 0.717) is 18.7 Å². The van der Waals surface area contributed by atoms with E-state index in [0.717, 1.165) is 11.1 Å². The average molecular weight is 382 g/mol. The van der Waals surface area contributed by atoms with Crippen molar-refractivity contribution in [2.45, 2.75) is 12.5 Å². The molecule has 140 valence electrons. The van der Waals surface area contributed by atoms with Crippen molar-refractivity contribution < 1.29 is 18.4 Å². The lowest BCUT2D eigenvalue weighted by atomic mass is 9.83. The molecule has 0 amide bonds. The molecule has 1 unspecified atom stereocenters. The van der Waals surface area contributed by atoms with E-state index < -0.39 is 9.73 Å². The van der Waals surface area contributed by atoms with Gasteiger partial charge in [0.1, 0.15) is 5.82 Å². The second-order valence-corrected chi connectivity index (χ2v) is 8.58. The maximum absolute atomic E-state index is 13.4. The van der Waals surface area contributed by atoms with Gasteiger partial charge in [0.05, 0.1) is 6.04 Å². The zero-order chi connectivity index (χ0) is 18.7. The lowest BCUT2D eigenvalue weighted by Crippen LogP contribution is -2.26. The summed E-state index contributed by atoms with van der Waals surface area (Å²) in [6.07, 6.45) is 2.19. The third-order valence-corrected chi connectivity index (χ3v) is 5.88. The molecule has 1 aliphatic carbocycles. The second kappa shape index (κ2) is 7.38. The summed E-state index contributed by atoms with van der Waals surface area (Å²) < 4.78 is 33.8. The summed E-state index contributed by atoms with van der Waals surface area (Å²) in [6.45, 7) is 0.323. The molecule has 1 heterocycles. The van der Waals surface area contributed by atoms with Gasteiger partial charge >= 0.3 is 0 Å². The summed E-state index contributed by atoms with van der Waals surface area (Å²) >= 11 is 0. The van der Waals surface area contributed by atoms with E-state index in [1.807, 2.05) is 5.48 Å². The van der Waals surface area contributed by atoms with Gasteiger partial charge in [0.15, 0.2) is 11.5 Å². The maximum Gasteiger partial charge on any atom is 0.202 e. The van der Waals surface area contributed by atoms with Crippen LogP contribution in [0.1, 0.15) is 22.9 Å². The smallest absolute Gasteiger partial charge is 0.202 e. The van der Waals surface area contributed by atoms with E-state index in [4.69, 9.17) is 4.63 Å². The van der Waals surface area contributed by atoms with Crippen LogP contribution in [0.25, 0.3) is 0 Å². The van der Waals surface area contributed by atoms with Crippen LogP contribution in [0.4, 0.5) is 10.2 Å². The largest absolute Gasteiger partial charge is 0.364 e. The number of hydrogen-bond acceptors (Lipinski definition) is 8. The van der Waals surface area contributed by atoms with Crippen LogP contribution >= 0.6 is 0 Å². The number of anilines is 1. The number of fused-ring (bicyclic) bond motifs is 1. The maximum atomic E-state index is 13.4. The SMILES string of the molecule is CN=S(C)(=O)CCNc1nonc1C(=N[C@H]1Cc2ccc(F)cc21)NO. The number of rotatable bonds is 6. The Bertz CT molecular complexity index is 951. The Morgan fingerprint density at radius 3 is 3.04 bits per heavy atom. The van der Waals surface area contributed by atoms with Gasteiger partial charge in [-0.15, -0.1) is 0 Å². The molecule has 2 atom stereocenters. The number of nitrogens with one attached hydrogen (secondary N) is 2. The average Bonchev–Trinajstić information content (AvgIpc) is 3.06. The van der Waals surface area contributed by atoms with Gasteiger partial charge in [0, 0.05) is 35.3 Å². The lowest BCUT2D eigenvalue weighted by Gasteiger charge is -2.27. The first-order valence-electron chi connectivity index (χ1n) is 7.84. The molecule has 3 N–H and O–H groups in total. The number of halogens is 1. The monoisotopic (exact) mass is 382 g/mol. The molecule has 9 nitrogen and oxygen atoms in total. The Morgan fingerprint density at radius 1 is 1.50 bits per heavy atom. The molecule has 26 heavy (non-hydrogen) atoms. The second-order valence-electron chi connectivity index (χ2n) is 5.89. The van der Waals surface area contributed by atoms with Gasteiger partial charge in [-0.3, -0.25) is 15.7 Å². The Labute approximate surface area is 149 Å². The molecule has 0 fully saturated rings. The van der Waals surface area contributed by atoms with E-state index >= 15 is 0 Å². The Balaban J connectivity index is 1.76. The Kier molecular flexibility index (Phi) is 5.18. The van der Waals surface area contributed by atoms with Crippen molar-refractivity contribution in [1.29, 1.82) is 0 Å². The van der Waals surface area contributed by atoms with E-state index in [1.54, 1.807) is 12.3 Å². The van der Waals surface area contributed by atoms with E-state index in [-0.39, 0.29) is 29.2 Å². The topological polar surface area (TPSA) is 125 Å². The summed E-state index contributed by atoms with van der Waals surface area (Å²) in [5, 5.41) is 19.8. The molecule has 0 spiro atoms. The van der Waals surface area contributed by atoms with Crippen LogP contribution in [-0.4, -0.2) is 51.2 Å². The number of aliphatic imine (C=N–C) groups is 1. The first kappa shape index (κ1) is 18.3. The molecule has 0 saturated carbocycles. The molecule has 0 bridgehead atoms. The molecule has 1 aromatic heterocycles. The first-order valence-corrected chi connectivity index (χ1v) is 9.93. The zero-order valence-corrected chi connectivity index (χ0v) is 15.1. The number of amidine groups is 1. The molecule has 0 saturated heterocycles. The fraction of sp³-hybridized carbons (Fsp3) is 0.400. The quantitative estimate of drug-likeness (QED) is 0.391. The van der Waals surface area contributed by atoms with Crippen molar-refractivity contribution >= 4 is 21.4 Å². The fourth-order valence-corrected chi connectivity index (χ4v) is 3.24. The third-order valence-electron chi connectivity index (χ3n) is 4.14. The predicted octanol–water partition coefficient (Wildman–Crippen LogP) is 1.37. The van der Waals surface area contributed by atoms with Crippen molar-refractivity contribution in [3.63, 3.8) is 0 Å². The van der Waals surface area contributed by atoms with Gasteiger partial charge in [-0.2, -0.15) is 0 Å². The molecule has 1 aromatic carbocycles. The zero-order valence-electron chi connectivity index (χ0n) is 14.3. The molecule has 0 radical (unpaired) electrons. The standard InChI is InChI=1S/C15H19FN6O3S/c1-17-26(2,24)6-5-18-14-13(21-25-22-14)15(20-23)19-12-7-9-3-4-10(16)8-11(9)12/h3-4,8,12,23H,5-7H2,1-2H3,(H,18,22)(H,19,20)/t12-,26?/m0/s1. The highest BCUT2D eigenvalue weighted by Crippen LogP contribution is 2.36. The van der Waals surface area contributed by atoms with Crippen LogP contribution in [0.15, 0.2) is 32.2 Å². The van der Waals surface area contributed by atoms with Crippen LogP contribution in [0.5, 0.6) is 0 Å². The van der Waals surface area contributed by atoms with Crippen molar-refractivity contribution in [1.82, 2.24) is 15.8 Å². The van der Waals surface area contributed by atoms with Gasteiger partial charge in [0.25, 0.3) is 0 Å². The number of nitrogens with zero attached hydrogens (tertiary/aromatic N) is 4. The van der Waals surface area contributed by atoms with Crippen molar-refractivity contribution in [2.75, 3.05) is 30.9 Å². The number of hydroxylamine groups is 1. The number of hydrogen-bond donors (Lipinski definition) is 3. The minimum atomic E-state index is -2.26. The lowest BCUT2D eigenvalue weighted by molar-refractivity contribution is 0.232. The minimum Gasteiger partial charge on any atom is -0.364 e. The van der Waals surface area contributed by atoms with E-state index in [2.05, 4.69) is 25.0 Å². The summed E-state index contributed by atoms with van der Waals surface area (Å²) in [6, 6.07) is 4.25. The first-order chi connectivity index (χ1) is 12.4. The molecule has 3 rings (SSSR count). The van der Waals surface area contributed by atoms with Gasteiger partial charge in [-0.05, 0) is 40.0 Å². The normalized spacial score (nSPS) is 18.5. The van der Waals surface area contributed by atoms with Crippen LogP contribution in [0.2, 0.25) is 0 Å². The van der Waals surface area contributed by atoms with Crippen molar-refractivity contribution in [3.8, 4) is 0 Å². The Morgan fingerprint density at radius 2 is 2.31 bits per heavy atom. The highest BCUT2D eigenvalue weighted by atomic mass is 32.2. The van der Waals surface area contributed by atoms with Crippen LogP contribution in [0, 0.1) is 5.82 Å². The molecule has 1 aliphatic rings. The van der Waals surface area contributed by atoms with Crippen LogP contribution in [0.3, 0.4) is 0 Å². The highest BCUT2D eigenvalue weighted by Gasteiger charge is 2.28. The van der Waals surface area contributed by atoms with Crippen molar-refractivity contribution in [2.24, 2.45) is 9.36 Å². The predicted molar refractivity (Wildman–Crippen MR) is 94.4 cm³/mol. The summed E-state index contributed by atoms with van der Waals surface area (Å²) in [4.78, 5) is 4.37. The van der Waals surface area contributed by atoms with E-state index in [9.17, 15) is 13.8 Å². The molecular weight excluding hydrogens is 363 g/mol. The molecule has 11 heteroatoms. The van der Waals surface area contributed by atoms with Gasteiger partial charge in [-0.25, -0.2) is 17.6 Å². The molecule has 2 aromatic rings. The summed E-state index contributed by atoms with van der Waals surface area (Å²) in [7, 11) is -0.755. The minimum absolute atomic E-state index is 0.0473. The molecular formula is C15H19FN6O3S. The Hall–Kier alpha value is -2.53. The van der Waals surface area contributed by atoms with Gasteiger partial charge in [0.2, 0.25) is 5.82 Å². The third kappa shape index (κ3) is 3.83. The number of aromatic nitrogens is 2. The number of benzene rings is 1. The highest BCUT2D eigenvalue weighted by molar-refractivity contribution is 7.92. The van der Waals surface area contributed by atoms with E-state index in [1.165, 1.54) is 19.2 Å². The summed E-state index contributed by atoms with van der Waals surface area (Å²) in [5.41, 5.74) is 3.93. The van der Waals surface area contributed by atoms with Gasteiger partial charge < -0.3 is 5.32 Å². The summed E-state index contributed by atoms with van der Waals surface area (Å²) in [5.74, 6) is 0.267. The van der Waals surface area contributed by atoms with Crippen LogP contribution in [-0.2, 0) is 16.1 Å². The fourth-order valence-electron chi connectivity index (χ4n) is 2.57. The van der Waals surface area contributed by atoms with Crippen LogP contribution < -0.4 is 10.8 Å². The van der Waals surface area contributed by atoms with Gasteiger partial charge in [-0.1, -0.05) is 6.07 Å². The molecule has 0 aliphatic heterocycles. The van der Waals surface area contributed by atoms with Crippen molar-refractivity contribution in [3.05, 3.63) is 40.8 Å².